The first kappa shape index (κ1) is 26.2. The Morgan fingerprint density at radius 1 is 1.19 bits per heavy atom. The van der Waals surface area contributed by atoms with Crippen LogP contribution in [0.3, 0.4) is 0 Å². The van der Waals surface area contributed by atoms with Gasteiger partial charge in [-0.1, -0.05) is 6.92 Å². The van der Waals surface area contributed by atoms with Gasteiger partial charge in [0.2, 0.25) is 0 Å². The normalized spacial score (nSPS) is 21.5. The largest absolute Gasteiger partial charge is 0.355 e. The van der Waals surface area contributed by atoms with Crippen molar-refractivity contribution in [3.8, 4) is 0 Å². The molecule has 31 heavy (non-hydrogen) atoms. The number of rotatable bonds is 8. The third-order valence-electron chi connectivity index (χ3n) is 6.30. The third-order valence-corrected chi connectivity index (χ3v) is 6.30. The summed E-state index contributed by atoms with van der Waals surface area (Å²) in [6, 6.07) is 0.754. The summed E-state index contributed by atoms with van der Waals surface area (Å²) in [5, 5.41) is 15.4. The number of halogens is 3. The Kier molecular flexibility index (Phi) is 10.8. The number of guanidine groups is 1. The molecule has 1 atom stereocenters. The Labute approximate surface area is 201 Å². The molecule has 3 rings (SSSR count). The van der Waals surface area contributed by atoms with E-state index in [-0.39, 0.29) is 36.6 Å². The number of likely N-dealkylation sites (tertiary alicyclic amines) is 2. The van der Waals surface area contributed by atoms with Gasteiger partial charge in [0.05, 0.1) is 6.54 Å². The van der Waals surface area contributed by atoms with Crippen molar-refractivity contribution in [1.29, 1.82) is 0 Å². The minimum Gasteiger partial charge on any atom is -0.355 e. The first-order valence-corrected chi connectivity index (χ1v) is 11.1. The number of hydrogen-bond acceptors (Lipinski definition) is 5. The predicted octanol–water partition coefficient (Wildman–Crippen LogP) is 1.99. The smallest absolute Gasteiger partial charge is 0.251 e. The molecule has 2 saturated heterocycles. The minimum atomic E-state index is -2.27. The number of piperidine rings is 1. The lowest BCUT2D eigenvalue weighted by atomic mass is 10.1. The topological polar surface area (TPSA) is 73.6 Å². The summed E-state index contributed by atoms with van der Waals surface area (Å²) < 4.78 is 27.2. The second kappa shape index (κ2) is 12.8. The van der Waals surface area contributed by atoms with E-state index >= 15 is 0 Å². The molecule has 1 unspecified atom stereocenters. The molecule has 3 heterocycles. The SMILES string of the molecule is CCN1CCCC1CNC(=NCc1nnc(C)n1C)NC1CCN(CC(F)F)CC1.I. The van der Waals surface area contributed by atoms with Gasteiger partial charge in [-0.2, -0.15) is 0 Å². The Balaban J connectivity index is 0.00000341. The molecule has 11 heteroatoms. The van der Waals surface area contributed by atoms with Crippen LogP contribution in [-0.2, 0) is 13.6 Å². The van der Waals surface area contributed by atoms with Crippen LogP contribution >= 0.6 is 24.0 Å². The van der Waals surface area contributed by atoms with Crippen LogP contribution in [0.2, 0.25) is 0 Å². The minimum absolute atomic E-state index is 0. The Hall–Kier alpha value is -1.08. The van der Waals surface area contributed by atoms with Crippen LogP contribution in [0.1, 0.15) is 44.3 Å². The maximum absolute atomic E-state index is 12.6. The highest BCUT2D eigenvalue weighted by Gasteiger charge is 2.25. The van der Waals surface area contributed by atoms with Gasteiger partial charge in [-0.15, -0.1) is 34.2 Å². The molecule has 0 bridgehead atoms. The van der Waals surface area contributed by atoms with Gasteiger partial charge in [-0.25, -0.2) is 13.8 Å². The molecule has 2 N–H and O–H groups in total. The molecule has 0 aromatic carbocycles. The molecular formula is C20H37F2IN8. The number of aromatic nitrogens is 3. The summed E-state index contributed by atoms with van der Waals surface area (Å²) in [5.74, 6) is 2.45. The lowest BCUT2D eigenvalue weighted by Gasteiger charge is -2.33. The van der Waals surface area contributed by atoms with Crippen molar-refractivity contribution in [2.75, 3.05) is 39.3 Å². The number of hydrogen-bond donors (Lipinski definition) is 2. The van der Waals surface area contributed by atoms with E-state index in [9.17, 15) is 8.78 Å². The van der Waals surface area contributed by atoms with Gasteiger partial charge < -0.3 is 15.2 Å². The van der Waals surface area contributed by atoms with Crippen LogP contribution in [0.25, 0.3) is 0 Å². The standard InChI is InChI=1S/C20H36F2N8.HI/c1-4-30-9-5-6-17(30)12-23-20(24-13-19-27-26-15(2)28(19)3)25-16-7-10-29(11-8-16)14-18(21)22;/h16-18H,4-14H2,1-3H3,(H2,23,24,25);1H. The van der Waals surface area contributed by atoms with E-state index in [0.717, 1.165) is 50.1 Å². The van der Waals surface area contributed by atoms with E-state index in [0.29, 0.717) is 25.7 Å². The fourth-order valence-electron chi connectivity index (χ4n) is 4.30. The van der Waals surface area contributed by atoms with Crippen LogP contribution in [0, 0.1) is 6.92 Å². The average molecular weight is 554 g/mol. The summed E-state index contributed by atoms with van der Waals surface area (Å²) in [4.78, 5) is 9.10. The van der Waals surface area contributed by atoms with E-state index in [1.54, 1.807) is 0 Å². The van der Waals surface area contributed by atoms with Gasteiger partial charge >= 0.3 is 0 Å². The van der Waals surface area contributed by atoms with Crippen LogP contribution in [0.4, 0.5) is 8.78 Å². The third kappa shape index (κ3) is 7.77. The molecule has 2 aliphatic heterocycles. The molecule has 0 spiro atoms. The van der Waals surface area contributed by atoms with E-state index in [1.807, 2.05) is 23.4 Å². The summed E-state index contributed by atoms with van der Waals surface area (Å²) >= 11 is 0. The maximum Gasteiger partial charge on any atom is 0.251 e. The van der Waals surface area contributed by atoms with Gasteiger partial charge in [-0.3, -0.25) is 9.80 Å². The number of aryl methyl sites for hydroxylation is 1. The highest BCUT2D eigenvalue weighted by atomic mass is 127. The summed E-state index contributed by atoms with van der Waals surface area (Å²) in [6.07, 6.45) is 1.84. The zero-order valence-electron chi connectivity index (χ0n) is 18.9. The molecule has 178 valence electrons. The van der Waals surface area contributed by atoms with Gasteiger partial charge in [0.15, 0.2) is 11.8 Å². The van der Waals surface area contributed by atoms with Crippen LogP contribution < -0.4 is 10.6 Å². The summed E-state index contributed by atoms with van der Waals surface area (Å²) in [7, 11) is 1.94. The van der Waals surface area contributed by atoms with Crippen LogP contribution in [0.15, 0.2) is 4.99 Å². The maximum atomic E-state index is 12.6. The van der Waals surface area contributed by atoms with Crippen molar-refractivity contribution in [2.45, 2.75) is 64.6 Å². The van der Waals surface area contributed by atoms with E-state index in [2.05, 4.69) is 32.7 Å². The first-order chi connectivity index (χ1) is 14.5. The predicted molar refractivity (Wildman–Crippen MR) is 129 cm³/mol. The lowest BCUT2D eigenvalue weighted by molar-refractivity contribution is 0.0744. The Bertz CT molecular complexity index is 691. The number of aliphatic imine (C=N–C) groups is 1. The average Bonchev–Trinajstić information content (AvgIpc) is 3.31. The van der Waals surface area contributed by atoms with E-state index in [4.69, 9.17) is 4.99 Å². The summed E-state index contributed by atoms with van der Waals surface area (Å²) in [5.41, 5.74) is 0. The quantitative estimate of drug-likeness (QED) is 0.291. The zero-order chi connectivity index (χ0) is 21.5. The fourth-order valence-corrected chi connectivity index (χ4v) is 4.30. The summed E-state index contributed by atoms with van der Waals surface area (Å²) in [6.45, 7) is 8.87. The van der Waals surface area contributed by atoms with Crippen molar-refractivity contribution >= 4 is 29.9 Å². The molecule has 2 aliphatic rings. The lowest BCUT2D eigenvalue weighted by Crippen LogP contribution is -2.51. The highest BCUT2D eigenvalue weighted by molar-refractivity contribution is 14.0. The van der Waals surface area contributed by atoms with E-state index in [1.165, 1.54) is 12.8 Å². The molecule has 0 aliphatic carbocycles. The molecule has 0 saturated carbocycles. The van der Waals surface area contributed by atoms with Crippen molar-refractivity contribution in [2.24, 2.45) is 12.0 Å². The van der Waals surface area contributed by atoms with Crippen LogP contribution in [-0.4, -0.2) is 88.3 Å². The Morgan fingerprint density at radius 2 is 1.94 bits per heavy atom. The van der Waals surface area contributed by atoms with Gasteiger partial charge in [0.1, 0.15) is 12.4 Å². The monoisotopic (exact) mass is 554 g/mol. The van der Waals surface area contributed by atoms with Gasteiger partial charge in [-0.05, 0) is 45.7 Å². The van der Waals surface area contributed by atoms with Gasteiger partial charge in [0.25, 0.3) is 6.43 Å². The second-order valence-corrected chi connectivity index (χ2v) is 8.30. The van der Waals surface area contributed by atoms with Crippen molar-refractivity contribution in [3.63, 3.8) is 0 Å². The molecule has 0 radical (unpaired) electrons. The molecule has 1 aromatic heterocycles. The van der Waals surface area contributed by atoms with E-state index < -0.39 is 6.43 Å². The molecule has 2 fully saturated rings. The number of likely N-dealkylation sites (N-methyl/N-ethyl adjacent to an activating group) is 1. The fraction of sp³-hybridized carbons (Fsp3) is 0.850. The number of nitrogens with zero attached hydrogens (tertiary/aromatic N) is 6. The first-order valence-electron chi connectivity index (χ1n) is 11.1. The molecule has 0 amide bonds. The molecule has 1 aromatic rings. The van der Waals surface area contributed by atoms with Crippen molar-refractivity contribution in [3.05, 3.63) is 11.6 Å². The zero-order valence-corrected chi connectivity index (χ0v) is 21.2. The van der Waals surface area contributed by atoms with Gasteiger partial charge in [0, 0.05) is 38.8 Å². The molecular weight excluding hydrogens is 517 g/mol. The molecule has 8 nitrogen and oxygen atoms in total. The Morgan fingerprint density at radius 3 is 2.55 bits per heavy atom. The second-order valence-electron chi connectivity index (χ2n) is 8.30. The number of nitrogens with one attached hydrogen (secondary N) is 2. The van der Waals surface area contributed by atoms with Crippen LogP contribution in [0.5, 0.6) is 0 Å². The van der Waals surface area contributed by atoms with Crippen molar-refractivity contribution < 1.29 is 8.78 Å². The number of alkyl halides is 2. The highest BCUT2D eigenvalue weighted by Crippen LogP contribution is 2.16. The van der Waals surface area contributed by atoms with Crippen molar-refractivity contribution in [1.82, 2.24) is 35.2 Å².